The Labute approximate surface area is 315 Å². The molecule has 4 aromatic carbocycles. The van der Waals surface area contributed by atoms with Crippen molar-refractivity contribution in [2.45, 2.75) is 83.1 Å². The molecule has 0 aliphatic rings. The zero-order chi connectivity index (χ0) is 36.0. The molecule has 2 aromatic heterocycles. The Balaban J connectivity index is 1.50. The monoisotopic (exact) mass is 752 g/mol. The SMILES string of the molecule is Cc1cc(C)c([Si-]=[Si](c2ccc(-c3ccc([Si](=[Si-]c4c(C)cc(C)cc4C)c4c(C)cc(C)cc4C)s3)s2)c2c(C)cc(C)cc2C)c(C)c1. The van der Waals surface area contributed by atoms with Gasteiger partial charge < -0.3 is 17.2 Å². The molecule has 6 rings (SSSR count). The molecule has 254 valence electrons. The summed E-state index contributed by atoms with van der Waals surface area (Å²) in [6.07, 6.45) is 0. The maximum atomic E-state index is 2.49. The van der Waals surface area contributed by atoms with Crippen molar-refractivity contribution in [2.75, 3.05) is 0 Å². The van der Waals surface area contributed by atoms with E-state index in [9.17, 15) is 0 Å². The van der Waals surface area contributed by atoms with Crippen LogP contribution < -0.4 is 29.7 Å². The van der Waals surface area contributed by atoms with E-state index in [1.165, 1.54) is 76.5 Å². The van der Waals surface area contributed by atoms with Crippen molar-refractivity contribution in [2.24, 2.45) is 0 Å². The zero-order valence-electron chi connectivity index (χ0n) is 31.7. The van der Waals surface area contributed by atoms with E-state index in [4.69, 9.17) is 0 Å². The third kappa shape index (κ3) is 7.66. The van der Waals surface area contributed by atoms with E-state index in [0.29, 0.717) is 0 Å². The smallest absolute Gasteiger partial charge is 0.0443 e. The lowest BCUT2D eigenvalue weighted by atomic mass is 10.1. The van der Waals surface area contributed by atoms with Crippen LogP contribution in [0.25, 0.3) is 9.75 Å². The topological polar surface area (TPSA) is 0 Å². The summed E-state index contributed by atoms with van der Waals surface area (Å²) in [7, 11) is -0.496. The summed E-state index contributed by atoms with van der Waals surface area (Å²) in [5, 5.41) is 6.35. The van der Waals surface area contributed by atoms with Gasteiger partial charge in [-0.15, -0.1) is 38.5 Å². The molecule has 0 amide bonds. The molecule has 50 heavy (non-hydrogen) atoms. The molecular formula is C44H48S2Si4-2. The molecule has 0 nitrogen and oxygen atoms in total. The second-order valence-electron chi connectivity index (χ2n) is 14.4. The first kappa shape index (κ1) is 36.9. The van der Waals surface area contributed by atoms with Crippen molar-refractivity contribution >= 4 is 85.4 Å². The van der Waals surface area contributed by atoms with Crippen LogP contribution in [0.4, 0.5) is 0 Å². The lowest BCUT2D eigenvalue weighted by Crippen LogP contribution is -2.42. The Hall–Kier alpha value is -2.85. The van der Waals surface area contributed by atoms with Crippen LogP contribution in [0.15, 0.2) is 72.8 Å². The number of aryl methyl sites for hydroxylation is 12. The van der Waals surface area contributed by atoms with E-state index in [1.807, 2.05) is 0 Å². The van der Waals surface area contributed by atoms with Gasteiger partial charge in [0.05, 0.1) is 0 Å². The molecule has 0 spiro atoms. The number of hydrogen-bond donors (Lipinski definition) is 0. The third-order valence-electron chi connectivity index (χ3n) is 9.66. The first-order chi connectivity index (χ1) is 23.7. The van der Waals surface area contributed by atoms with Crippen LogP contribution in [0.1, 0.15) is 66.8 Å². The van der Waals surface area contributed by atoms with Crippen molar-refractivity contribution in [1.29, 1.82) is 0 Å². The highest BCUT2D eigenvalue weighted by Crippen LogP contribution is 2.27. The maximum absolute atomic E-state index is 2.49. The highest BCUT2D eigenvalue weighted by molar-refractivity contribution is 7.35. The fraction of sp³-hybridized carbons (Fsp3) is 0.273. The van der Waals surface area contributed by atoms with Crippen LogP contribution in [0.5, 0.6) is 0 Å². The molecule has 0 radical (unpaired) electrons. The predicted molar refractivity (Wildman–Crippen MR) is 231 cm³/mol. The van der Waals surface area contributed by atoms with Gasteiger partial charge in [0, 0.05) is 9.75 Å². The minimum Gasteiger partial charge on any atom is -0.407 e. The molecule has 6 aromatic rings. The Kier molecular flexibility index (Phi) is 11.1. The van der Waals surface area contributed by atoms with Crippen molar-refractivity contribution in [1.82, 2.24) is 0 Å². The second-order valence-corrected chi connectivity index (χ2v) is 26.9. The number of thiophene rings is 2. The maximum Gasteiger partial charge on any atom is 0.0443 e. The summed E-state index contributed by atoms with van der Waals surface area (Å²) in [6, 6.07) is 29.0. The molecule has 6 heteroatoms. The average Bonchev–Trinajstić information content (AvgIpc) is 3.68. The van der Waals surface area contributed by atoms with Gasteiger partial charge >= 0.3 is 0 Å². The summed E-state index contributed by atoms with van der Waals surface area (Å²) in [4.78, 5) is 2.85. The zero-order valence-corrected chi connectivity index (χ0v) is 37.4. The van der Waals surface area contributed by atoms with Gasteiger partial charge in [-0.05, 0) is 104 Å². The summed E-state index contributed by atoms with van der Waals surface area (Å²) < 4.78 is 3.16. The van der Waals surface area contributed by atoms with Crippen LogP contribution in [-0.4, -0.2) is 33.0 Å². The van der Waals surface area contributed by atoms with Gasteiger partial charge in [-0.3, -0.25) is 0 Å². The van der Waals surface area contributed by atoms with Crippen molar-refractivity contribution in [3.8, 4) is 9.75 Å². The Bertz CT molecular complexity index is 2090. The van der Waals surface area contributed by atoms with Gasteiger partial charge in [0.15, 0.2) is 0 Å². The summed E-state index contributed by atoms with van der Waals surface area (Å²) >= 11 is 4.12. The van der Waals surface area contributed by atoms with Gasteiger partial charge in [0.1, 0.15) is 0 Å². The van der Waals surface area contributed by atoms with Gasteiger partial charge in [-0.1, -0.05) is 138 Å². The molecule has 0 saturated heterocycles. The minimum absolute atomic E-state index is 0.785. The fourth-order valence-corrected chi connectivity index (χ4v) is 26.5. The van der Waals surface area contributed by atoms with E-state index >= 15 is 0 Å². The first-order valence-electron chi connectivity index (χ1n) is 17.5. The first-order valence-corrected chi connectivity index (χ1v) is 26.1. The van der Waals surface area contributed by atoms with Gasteiger partial charge in [-0.25, -0.2) is 10.4 Å². The molecule has 0 atom stereocenters. The van der Waals surface area contributed by atoms with Crippen LogP contribution in [0, 0.1) is 83.1 Å². The van der Waals surface area contributed by atoms with Crippen LogP contribution >= 0.6 is 22.7 Å². The largest absolute Gasteiger partial charge is 0.407 e. The van der Waals surface area contributed by atoms with Crippen molar-refractivity contribution in [3.05, 3.63) is 140 Å². The van der Waals surface area contributed by atoms with E-state index in [2.05, 4.69) is 179 Å². The molecule has 0 unspecified atom stereocenters. The summed E-state index contributed by atoms with van der Waals surface area (Å²) in [6.45, 7) is 27.6. The van der Waals surface area contributed by atoms with E-state index < -0.39 is 15.8 Å². The Morgan fingerprint density at radius 3 is 0.900 bits per heavy atom. The van der Waals surface area contributed by atoms with E-state index in [1.54, 1.807) is 29.7 Å². The highest BCUT2D eigenvalue weighted by Gasteiger charge is 2.14. The Morgan fingerprint density at radius 1 is 0.360 bits per heavy atom. The molecular weight excluding hydrogens is 705 g/mol. The van der Waals surface area contributed by atoms with E-state index in [-0.39, 0.29) is 0 Å². The van der Waals surface area contributed by atoms with Crippen LogP contribution in [0.2, 0.25) is 0 Å². The molecule has 0 aliphatic heterocycles. The lowest BCUT2D eigenvalue weighted by Gasteiger charge is -2.25. The molecule has 0 fully saturated rings. The molecule has 2 heterocycles. The Morgan fingerprint density at radius 2 is 0.620 bits per heavy atom. The van der Waals surface area contributed by atoms with Crippen LogP contribution in [-0.2, 0) is 0 Å². The molecule has 0 saturated carbocycles. The second kappa shape index (κ2) is 15.0. The standard InChI is InChI=1S/C44H48S2Si4/c1-25-17-29(5)41(30(6)18-25)47-49(43-33(9)21-27(3)22-34(43)10)39-15-13-37(45-39)38-14-16-40(46-38)50(44-35(11)23-28(4)24-36(44)12)48-42-31(7)19-26(2)20-32(42)8/h13-24H,1-12H3/q-2. The van der Waals surface area contributed by atoms with E-state index in [0.717, 1.165) is 17.2 Å². The number of benzene rings is 4. The predicted octanol–water partition coefficient (Wildman–Crippen LogP) is 7.45. The van der Waals surface area contributed by atoms with Crippen molar-refractivity contribution < 1.29 is 0 Å². The quantitative estimate of drug-likeness (QED) is 0.149. The van der Waals surface area contributed by atoms with Crippen molar-refractivity contribution in [3.63, 3.8) is 0 Å². The minimum atomic E-state index is -1.03. The molecule has 0 aliphatic carbocycles. The number of rotatable bonds is 7. The lowest BCUT2D eigenvalue weighted by molar-refractivity contribution is 1.35. The third-order valence-corrected chi connectivity index (χ3v) is 27.2. The van der Waals surface area contributed by atoms with Gasteiger partial charge in [0.2, 0.25) is 0 Å². The highest BCUT2D eigenvalue weighted by atomic mass is 32.1. The summed E-state index contributed by atoms with van der Waals surface area (Å²) in [5.74, 6) is 0. The number of hydrogen-bond acceptors (Lipinski definition) is 2. The van der Waals surface area contributed by atoms with Gasteiger partial charge in [0.25, 0.3) is 0 Å². The average molecular weight is 753 g/mol. The fourth-order valence-electron chi connectivity index (χ4n) is 7.86. The van der Waals surface area contributed by atoms with Gasteiger partial charge in [-0.2, -0.15) is 0 Å². The van der Waals surface area contributed by atoms with Crippen LogP contribution in [0.3, 0.4) is 0 Å². The summed E-state index contributed by atoms with van der Waals surface area (Å²) in [5.41, 5.74) is 17.1. The molecule has 0 bridgehead atoms. The normalized spacial score (nSPS) is 12.2. The molecule has 0 N–H and O–H groups in total.